The average Bonchev–Trinajstić information content (AvgIpc) is 2.44. The van der Waals surface area contributed by atoms with Gasteiger partial charge >= 0.3 is 0 Å². The molecule has 9 heteroatoms. The number of nitro groups is 1. The first-order valence-corrected chi connectivity index (χ1v) is 7.38. The van der Waals surface area contributed by atoms with Gasteiger partial charge in [0.05, 0.1) is 15.6 Å². The van der Waals surface area contributed by atoms with Gasteiger partial charge in [0.2, 0.25) is 0 Å². The molecule has 0 aromatic heterocycles. The molecule has 0 aliphatic rings. The third kappa shape index (κ3) is 4.20. The molecule has 0 aliphatic carbocycles. The molecule has 114 valence electrons. The van der Waals surface area contributed by atoms with Crippen molar-refractivity contribution < 1.29 is 4.92 Å². The summed E-state index contributed by atoms with van der Waals surface area (Å²) in [5.74, 6) is 0. The second-order valence-electron chi connectivity index (χ2n) is 4.13. The molecule has 0 saturated heterocycles. The van der Waals surface area contributed by atoms with E-state index in [9.17, 15) is 10.1 Å². The zero-order valence-corrected chi connectivity index (χ0v) is 13.9. The highest BCUT2D eigenvalue weighted by Crippen LogP contribution is 2.28. The summed E-state index contributed by atoms with van der Waals surface area (Å²) in [6, 6.07) is 9.18. The van der Waals surface area contributed by atoms with Crippen LogP contribution in [0.3, 0.4) is 0 Å². The van der Waals surface area contributed by atoms with Crippen LogP contribution in [-0.2, 0) is 0 Å². The lowest BCUT2D eigenvalue weighted by Gasteiger charge is -2.12. The van der Waals surface area contributed by atoms with Crippen LogP contribution in [0, 0.1) is 10.1 Å². The van der Waals surface area contributed by atoms with Crippen molar-refractivity contribution in [2.75, 3.05) is 10.6 Å². The predicted octanol–water partition coefficient (Wildman–Crippen LogP) is 5.36. The van der Waals surface area contributed by atoms with Gasteiger partial charge in [-0.15, -0.1) is 0 Å². The first-order chi connectivity index (χ1) is 10.4. The molecule has 2 rings (SSSR count). The lowest BCUT2D eigenvalue weighted by atomic mass is 10.3. The SMILES string of the molecule is O=[N+]([O-])c1cc(NC(=S)Nc2ccc(Cl)cc2Cl)ccc1Cl. The molecule has 0 amide bonds. The third-order valence-corrected chi connectivity index (χ3v) is 3.65. The number of nitro benzene ring substituents is 1. The smallest absolute Gasteiger partial charge is 0.289 e. The highest BCUT2D eigenvalue weighted by Gasteiger charge is 2.13. The monoisotopic (exact) mass is 375 g/mol. The van der Waals surface area contributed by atoms with E-state index in [2.05, 4.69) is 10.6 Å². The predicted molar refractivity (Wildman–Crippen MR) is 94.4 cm³/mol. The number of hydrogen-bond donors (Lipinski definition) is 2. The van der Waals surface area contributed by atoms with Crippen LogP contribution in [0.5, 0.6) is 0 Å². The van der Waals surface area contributed by atoms with Crippen LogP contribution in [0.25, 0.3) is 0 Å². The molecular formula is C13H8Cl3N3O2S. The van der Waals surface area contributed by atoms with Crippen molar-refractivity contribution in [2.24, 2.45) is 0 Å². The van der Waals surface area contributed by atoms with E-state index in [-0.39, 0.29) is 15.8 Å². The van der Waals surface area contributed by atoms with Gasteiger partial charge in [-0.2, -0.15) is 0 Å². The van der Waals surface area contributed by atoms with E-state index in [1.54, 1.807) is 24.3 Å². The first-order valence-electron chi connectivity index (χ1n) is 5.84. The van der Waals surface area contributed by atoms with Gasteiger partial charge in [0.25, 0.3) is 5.69 Å². The minimum atomic E-state index is -0.569. The Labute approximate surface area is 146 Å². The molecule has 0 fully saturated rings. The van der Waals surface area contributed by atoms with Crippen molar-refractivity contribution in [1.29, 1.82) is 0 Å². The molecule has 5 nitrogen and oxygen atoms in total. The molecule has 2 aromatic rings. The Kier molecular flexibility index (Phi) is 5.42. The lowest BCUT2D eigenvalue weighted by Crippen LogP contribution is -2.19. The summed E-state index contributed by atoms with van der Waals surface area (Å²) in [4.78, 5) is 10.3. The molecule has 2 aromatic carbocycles. The standard InChI is InChI=1S/C13H8Cl3N3O2S/c14-7-1-4-11(10(16)5-7)18-13(22)17-8-2-3-9(15)12(6-8)19(20)21/h1-6H,(H2,17,18,22). The maximum atomic E-state index is 10.8. The number of nitrogens with one attached hydrogen (secondary N) is 2. The van der Waals surface area contributed by atoms with E-state index in [1.165, 1.54) is 12.1 Å². The van der Waals surface area contributed by atoms with Crippen LogP contribution >= 0.6 is 47.0 Å². The van der Waals surface area contributed by atoms with E-state index in [1.807, 2.05) is 0 Å². The largest absolute Gasteiger partial charge is 0.332 e. The van der Waals surface area contributed by atoms with E-state index in [4.69, 9.17) is 47.0 Å². The van der Waals surface area contributed by atoms with Gasteiger partial charge in [-0.25, -0.2) is 0 Å². The molecule has 0 spiro atoms. The van der Waals surface area contributed by atoms with Crippen molar-refractivity contribution in [1.82, 2.24) is 0 Å². The van der Waals surface area contributed by atoms with E-state index >= 15 is 0 Å². The van der Waals surface area contributed by atoms with Crippen LogP contribution in [0.2, 0.25) is 15.1 Å². The highest BCUT2D eigenvalue weighted by molar-refractivity contribution is 7.80. The number of hydrogen-bond acceptors (Lipinski definition) is 3. The highest BCUT2D eigenvalue weighted by atomic mass is 35.5. The van der Waals surface area contributed by atoms with Crippen LogP contribution in [0.1, 0.15) is 0 Å². The normalized spacial score (nSPS) is 10.1. The van der Waals surface area contributed by atoms with Gasteiger partial charge in [-0.05, 0) is 42.5 Å². The number of anilines is 2. The second kappa shape index (κ2) is 7.11. The van der Waals surface area contributed by atoms with Crippen LogP contribution in [0.15, 0.2) is 36.4 Å². The number of thiocarbonyl (C=S) groups is 1. The zero-order chi connectivity index (χ0) is 16.3. The van der Waals surface area contributed by atoms with Gasteiger partial charge in [-0.1, -0.05) is 34.8 Å². The lowest BCUT2D eigenvalue weighted by molar-refractivity contribution is -0.384. The molecule has 0 saturated carbocycles. The van der Waals surface area contributed by atoms with Crippen LogP contribution in [-0.4, -0.2) is 10.0 Å². The third-order valence-electron chi connectivity index (χ3n) is 2.58. The van der Waals surface area contributed by atoms with Crippen LogP contribution < -0.4 is 10.6 Å². The Morgan fingerprint density at radius 1 is 1.05 bits per heavy atom. The van der Waals surface area contributed by atoms with Crippen LogP contribution in [0.4, 0.5) is 17.1 Å². The Hall–Kier alpha value is -1.60. The fourth-order valence-electron chi connectivity index (χ4n) is 1.61. The molecule has 2 N–H and O–H groups in total. The summed E-state index contributed by atoms with van der Waals surface area (Å²) >= 11 is 22.7. The number of halogens is 3. The first kappa shape index (κ1) is 16.8. The summed E-state index contributed by atoms with van der Waals surface area (Å²) in [6.07, 6.45) is 0. The topological polar surface area (TPSA) is 67.2 Å². The summed E-state index contributed by atoms with van der Waals surface area (Å²) in [6.45, 7) is 0. The minimum Gasteiger partial charge on any atom is -0.332 e. The Morgan fingerprint density at radius 3 is 2.41 bits per heavy atom. The Balaban J connectivity index is 2.12. The Morgan fingerprint density at radius 2 is 1.77 bits per heavy atom. The summed E-state index contributed by atoms with van der Waals surface area (Å²) in [5.41, 5.74) is 0.782. The molecule has 0 heterocycles. The molecule has 0 bridgehead atoms. The van der Waals surface area contributed by atoms with Crippen molar-refractivity contribution >= 4 is 69.2 Å². The molecule has 0 radical (unpaired) electrons. The number of benzene rings is 2. The van der Waals surface area contributed by atoms with Crippen molar-refractivity contribution in [2.45, 2.75) is 0 Å². The fourth-order valence-corrected chi connectivity index (χ4v) is 2.48. The van der Waals surface area contributed by atoms with Gasteiger partial charge in [-0.3, -0.25) is 10.1 Å². The summed E-state index contributed by atoms with van der Waals surface area (Å²) < 4.78 is 0. The van der Waals surface area contributed by atoms with Crippen molar-refractivity contribution in [3.8, 4) is 0 Å². The molecule has 22 heavy (non-hydrogen) atoms. The van der Waals surface area contributed by atoms with Gasteiger partial charge in [0, 0.05) is 16.8 Å². The average molecular weight is 377 g/mol. The zero-order valence-electron chi connectivity index (χ0n) is 10.8. The second-order valence-corrected chi connectivity index (χ2v) is 5.79. The van der Waals surface area contributed by atoms with Crippen molar-refractivity contribution in [3.05, 3.63) is 61.6 Å². The quantitative estimate of drug-likeness (QED) is 0.428. The summed E-state index contributed by atoms with van der Waals surface area (Å²) in [5, 5.41) is 17.7. The molecule has 0 atom stereocenters. The number of nitrogens with zero attached hydrogens (tertiary/aromatic N) is 1. The van der Waals surface area contributed by atoms with E-state index in [0.29, 0.717) is 21.4 Å². The van der Waals surface area contributed by atoms with E-state index < -0.39 is 4.92 Å². The van der Waals surface area contributed by atoms with Crippen molar-refractivity contribution in [3.63, 3.8) is 0 Å². The maximum Gasteiger partial charge on any atom is 0.289 e. The Bertz CT molecular complexity index is 755. The number of rotatable bonds is 3. The van der Waals surface area contributed by atoms with E-state index in [0.717, 1.165) is 0 Å². The van der Waals surface area contributed by atoms with Gasteiger partial charge in [0.15, 0.2) is 5.11 Å². The molecular weight excluding hydrogens is 369 g/mol. The minimum absolute atomic E-state index is 0.0511. The maximum absolute atomic E-state index is 10.8. The summed E-state index contributed by atoms with van der Waals surface area (Å²) in [7, 11) is 0. The molecule has 0 aliphatic heterocycles. The van der Waals surface area contributed by atoms with Gasteiger partial charge < -0.3 is 10.6 Å². The fraction of sp³-hybridized carbons (Fsp3) is 0. The molecule has 0 unspecified atom stereocenters. The van der Waals surface area contributed by atoms with Gasteiger partial charge in [0.1, 0.15) is 5.02 Å².